The monoisotopic (exact) mass is 242 g/mol. The van der Waals surface area contributed by atoms with E-state index in [9.17, 15) is 9.59 Å². The Morgan fingerprint density at radius 3 is 2.41 bits per heavy atom. The lowest BCUT2D eigenvalue weighted by atomic mass is 9.97. The number of hydrogen-bond acceptors (Lipinski definition) is 3. The highest BCUT2D eigenvalue weighted by Gasteiger charge is 2.22. The third kappa shape index (κ3) is 10.0. The molecule has 0 aromatic rings. The van der Waals surface area contributed by atoms with Gasteiger partial charge in [0.2, 0.25) is 0 Å². The Bertz CT molecular complexity index is 232. The number of unbranched alkanes of at least 4 members (excludes halogenated alkanes) is 2. The van der Waals surface area contributed by atoms with Crippen molar-refractivity contribution >= 4 is 12.3 Å². The first kappa shape index (κ1) is 16.1. The largest absolute Gasteiger partial charge is 0.461 e. The maximum absolute atomic E-state index is 11.6. The summed E-state index contributed by atoms with van der Waals surface area (Å²) in [4.78, 5) is 21.9. The van der Waals surface area contributed by atoms with Gasteiger partial charge in [0.1, 0.15) is 11.4 Å². The zero-order valence-corrected chi connectivity index (χ0v) is 11.6. The average Bonchev–Trinajstić information content (AvgIpc) is 2.15. The third-order valence-corrected chi connectivity index (χ3v) is 2.73. The Kier molecular flexibility index (Phi) is 7.85. The second-order valence-electron chi connectivity index (χ2n) is 5.68. The molecule has 0 N–H and O–H groups in total. The summed E-state index contributed by atoms with van der Waals surface area (Å²) >= 11 is 0. The molecular formula is C14H26O3. The van der Waals surface area contributed by atoms with Crippen LogP contribution in [0.3, 0.4) is 0 Å². The highest BCUT2D eigenvalue weighted by molar-refractivity contribution is 5.79. The first-order chi connectivity index (χ1) is 7.87. The Morgan fingerprint density at radius 1 is 1.24 bits per heavy atom. The lowest BCUT2D eigenvalue weighted by Crippen LogP contribution is -2.27. The van der Waals surface area contributed by atoms with E-state index in [0.717, 1.165) is 18.8 Å². The summed E-state index contributed by atoms with van der Waals surface area (Å²) in [6.45, 7) is 8.36. The molecule has 0 aliphatic heterocycles. The van der Waals surface area contributed by atoms with E-state index in [1.807, 2.05) is 0 Å². The van der Waals surface area contributed by atoms with E-state index in [2.05, 4.69) is 13.8 Å². The fraction of sp³-hybridized carbons (Fsp3) is 0.857. The van der Waals surface area contributed by atoms with E-state index in [0.29, 0.717) is 19.3 Å². The van der Waals surface area contributed by atoms with E-state index in [1.54, 1.807) is 13.8 Å². The number of rotatable bonds is 10. The normalized spacial score (nSPS) is 11.6. The van der Waals surface area contributed by atoms with E-state index >= 15 is 0 Å². The van der Waals surface area contributed by atoms with Crippen molar-refractivity contribution in [1.82, 2.24) is 0 Å². The molecule has 0 aliphatic rings. The number of carbonyl (C=O) groups is 2. The first-order valence-corrected chi connectivity index (χ1v) is 6.50. The number of ether oxygens (including phenoxy) is 1. The molecule has 0 aliphatic carbocycles. The maximum atomic E-state index is 11.6. The molecule has 0 amide bonds. The summed E-state index contributed by atoms with van der Waals surface area (Å²) < 4.78 is 4.86. The van der Waals surface area contributed by atoms with Crippen LogP contribution in [0.4, 0.5) is 0 Å². The fourth-order valence-electron chi connectivity index (χ4n) is 1.79. The van der Waals surface area contributed by atoms with E-state index in [1.165, 1.54) is 12.8 Å². The van der Waals surface area contributed by atoms with Crippen molar-refractivity contribution in [2.75, 3.05) is 0 Å². The Hall–Kier alpha value is -0.860. The molecule has 100 valence electrons. The first-order valence-electron chi connectivity index (χ1n) is 6.50. The van der Waals surface area contributed by atoms with Crippen molar-refractivity contribution in [3.8, 4) is 0 Å². The second-order valence-corrected chi connectivity index (χ2v) is 5.68. The van der Waals surface area contributed by atoms with E-state index in [-0.39, 0.29) is 5.78 Å². The summed E-state index contributed by atoms with van der Waals surface area (Å²) in [6.07, 6.45) is 5.40. The molecule has 0 atom stereocenters. The molecule has 0 heterocycles. The van der Waals surface area contributed by atoms with Gasteiger partial charge in [0, 0.05) is 12.8 Å². The molecule has 0 aromatic carbocycles. The second kappa shape index (κ2) is 8.26. The Balaban J connectivity index is 3.62. The summed E-state index contributed by atoms with van der Waals surface area (Å²) in [7, 11) is 0. The highest BCUT2D eigenvalue weighted by Crippen LogP contribution is 2.16. The van der Waals surface area contributed by atoms with Crippen LogP contribution < -0.4 is 0 Å². The molecule has 17 heavy (non-hydrogen) atoms. The van der Waals surface area contributed by atoms with Crippen LogP contribution in [0.5, 0.6) is 0 Å². The molecular weight excluding hydrogens is 216 g/mol. The molecule has 3 nitrogen and oxygen atoms in total. The van der Waals surface area contributed by atoms with Gasteiger partial charge in [0.15, 0.2) is 0 Å². The van der Waals surface area contributed by atoms with E-state index in [4.69, 9.17) is 4.74 Å². The molecule has 0 radical (unpaired) electrons. The highest BCUT2D eigenvalue weighted by atomic mass is 16.5. The summed E-state index contributed by atoms with van der Waals surface area (Å²) in [6, 6.07) is 0. The van der Waals surface area contributed by atoms with Crippen molar-refractivity contribution < 1.29 is 14.3 Å². The van der Waals surface area contributed by atoms with Crippen LogP contribution in [0.1, 0.15) is 66.2 Å². The molecule has 0 rings (SSSR count). The minimum Gasteiger partial charge on any atom is -0.461 e. The standard InChI is InChI=1S/C14H26O3/c1-12(2)8-6-5-7-9-13(16)10-14(3,4)17-11-15/h11-12H,5-10H2,1-4H3. The predicted molar refractivity (Wildman–Crippen MR) is 68.8 cm³/mol. The van der Waals surface area contributed by atoms with Crippen molar-refractivity contribution in [2.45, 2.75) is 71.8 Å². The topological polar surface area (TPSA) is 43.4 Å². The van der Waals surface area contributed by atoms with Gasteiger partial charge < -0.3 is 4.74 Å². The summed E-state index contributed by atoms with van der Waals surface area (Å²) in [5, 5.41) is 0. The van der Waals surface area contributed by atoms with Gasteiger partial charge in [-0.05, 0) is 26.2 Å². The van der Waals surface area contributed by atoms with Crippen LogP contribution in [0.15, 0.2) is 0 Å². The minimum absolute atomic E-state index is 0.182. The molecule has 0 unspecified atom stereocenters. The molecule has 0 saturated carbocycles. The van der Waals surface area contributed by atoms with Crippen molar-refractivity contribution in [3.05, 3.63) is 0 Å². The summed E-state index contributed by atoms with van der Waals surface area (Å²) in [5.41, 5.74) is -0.656. The molecule has 0 saturated heterocycles. The number of Topliss-reactive ketones (excluding diaryl/α,β-unsaturated/α-hetero) is 1. The van der Waals surface area contributed by atoms with E-state index < -0.39 is 5.60 Å². The lowest BCUT2D eigenvalue weighted by molar-refractivity contribution is -0.143. The number of ketones is 1. The van der Waals surface area contributed by atoms with Crippen molar-refractivity contribution in [1.29, 1.82) is 0 Å². The summed E-state index contributed by atoms with van der Waals surface area (Å²) in [5.74, 6) is 0.923. The minimum atomic E-state index is -0.656. The van der Waals surface area contributed by atoms with Crippen molar-refractivity contribution in [3.63, 3.8) is 0 Å². The predicted octanol–water partition coefficient (Wildman–Crippen LogP) is 3.50. The number of carbonyl (C=O) groups excluding carboxylic acids is 2. The maximum Gasteiger partial charge on any atom is 0.293 e. The third-order valence-electron chi connectivity index (χ3n) is 2.73. The van der Waals surface area contributed by atoms with Gasteiger partial charge in [-0.2, -0.15) is 0 Å². The zero-order chi connectivity index (χ0) is 13.3. The van der Waals surface area contributed by atoms with Crippen LogP contribution in [-0.4, -0.2) is 17.9 Å². The fourth-order valence-corrected chi connectivity index (χ4v) is 1.79. The molecule has 0 bridgehead atoms. The van der Waals surface area contributed by atoms with Gasteiger partial charge in [0.05, 0.1) is 0 Å². The van der Waals surface area contributed by atoms with Crippen LogP contribution in [0.25, 0.3) is 0 Å². The van der Waals surface area contributed by atoms with Gasteiger partial charge in [-0.1, -0.05) is 33.1 Å². The Morgan fingerprint density at radius 2 is 1.88 bits per heavy atom. The van der Waals surface area contributed by atoms with Crippen LogP contribution >= 0.6 is 0 Å². The van der Waals surface area contributed by atoms with Crippen molar-refractivity contribution in [2.24, 2.45) is 5.92 Å². The molecule has 0 fully saturated rings. The van der Waals surface area contributed by atoms with Gasteiger partial charge in [0.25, 0.3) is 6.47 Å². The number of hydrogen-bond donors (Lipinski definition) is 0. The van der Waals surface area contributed by atoms with Gasteiger partial charge in [-0.3, -0.25) is 9.59 Å². The zero-order valence-electron chi connectivity index (χ0n) is 11.6. The lowest BCUT2D eigenvalue weighted by Gasteiger charge is -2.21. The van der Waals surface area contributed by atoms with Gasteiger partial charge >= 0.3 is 0 Å². The smallest absolute Gasteiger partial charge is 0.293 e. The molecule has 3 heteroatoms. The van der Waals surface area contributed by atoms with Gasteiger partial charge in [-0.25, -0.2) is 0 Å². The quantitative estimate of drug-likeness (QED) is 0.435. The van der Waals surface area contributed by atoms with Crippen LogP contribution in [0.2, 0.25) is 0 Å². The van der Waals surface area contributed by atoms with Gasteiger partial charge in [-0.15, -0.1) is 0 Å². The Labute approximate surface area is 105 Å². The molecule has 0 spiro atoms. The average molecular weight is 242 g/mol. The SMILES string of the molecule is CC(C)CCCCCC(=O)CC(C)(C)OC=O. The van der Waals surface area contributed by atoms with Crippen LogP contribution in [-0.2, 0) is 14.3 Å². The van der Waals surface area contributed by atoms with Crippen LogP contribution in [0, 0.1) is 5.92 Å². The molecule has 0 aromatic heterocycles.